The van der Waals surface area contributed by atoms with Gasteiger partial charge < -0.3 is 15.2 Å². The molecule has 3 nitrogen and oxygen atoms in total. The number of halogens is 1. The summed E-state index contributed by atoms with van der Waals surface area (Å²) in [6.07, 6.45) is 4.49. The number of hydrogen-bond donors (Lipinski definition) is 2. The first-order valence-corrected chi connectivity index (χ1v) is 7.45. The van der Waals surface area contributed by atoms with E-state index in [9.17, 15) is 9.50 Å². The van der Waals surface area contributed by atoms with Crippen LogP contribution in [0.3, 0.4) is 0 Å². The fraction of sp³-hybridized carbons (Fsp3) is 0.625. The molecule has 1 aromatic rings. The molecule has 1 saturated carbocycles. The highest BCUT2D eigenvalue weighted by atomic mass is 19.1. The van der Waals surface area contributed by atoms with Crippen LogP contribution < -0.4 is 10.1 Å². The van der Waals surface area contributed by atoms with Gasteiger partial charge in [-0.2, -0.15) is 0 Å². The number of aliphatic hydroxyl groups excluding tert-OH is 1. The van der Waals surface area contributed by atoms with Gasteiger partial charge in [-0.05, 0) is 43.0 Å². The number of nitrogens with one attached hydrogen (secondary N) is 1. The van der Waals surface area contributed by atoms with Crippen LogP contribution in [0.4, 0.5) is 4.39 Å². The van der Waals surface area contributed by atoms with Crippen LogP contribution in [0.2, 0.25) is 0 Å². The molecule has 3 unspecified atom stereocenters. The average Bonchev–Trinajstić information content (AvgIpc) is 2.46. The van der Waals surface area contributed by atoms with Crippen molar-refractivity contribution in [2.24, 2.45) is 5.92 Å². The fourth-order valence-corrected chi connectivity index (χ4v) is 2.69. The maximum Gasteiger partial charge on any atom is 0.123 e. The molecule has 0 bridgehead atoms. The van der Waals surface area contributed by atoms with Gasteiger partial charge in [0.25, 0.3) is 0 Å². The van der Waals surface area contributed by atoms with E-state index in [-0.39, 0.29) is 12.4 Å². The third kappa shape index (κ3) is 4.76. The molecule has 0 radical (unpaired) electrons. The molecular weight excluding hydrogens is 257 g/mol. The van der Waals surface area contributed by atoms with Gasteiger partial charge in [-0.1, -0.05) is 19.8 Å². The van der Waals surface area contributed by atoms with E-state index in [1.807, 2.05) is 0 Å². The lowest BCUT2D eigenvalue weighted by Gasteiger charge is -2.30. The Hall–Kier alpha value is -1.13. The van der Waals surface area contributed by atoms with E-state index in [0.717, 1.165) is 0 Å². The lowest BCUT2D eigenvalue weighted by atomic mass is 9.86. The van der Waals surface area contributed by atoms with Gasteiger partial charge in [0, 0.05) is 12.6 Å². The molecule has 2 N–H and O–H groups in total. The lowest BCUT2D eigenvalue weighted by Crippen LogP contribution is -2.42. The molecule has 1 fully saturated rings. The third-order valence-electron chi connectivity index (χ3n) is 3.98. The number of aliphatic hydroxyl groups is 1. The monoisotopic (exact) mass is 281 g/mol. The maximum absolute atomic E-state index is 12.7. The van der Waals surface area contributed by atoms with Crippen LogP contribution in [0.25, 0.3) is 0 Å². The zero-order valence-corrected chi connectivity index (χ0v) is 12.0. The minimum atomic E-state index is -0.547. The van der Waals surface area contributed by atoms with E-state index in [4.69, 9.17) is 4.74 Å². The molecule has 20 heavy (non-hydrogen) atoms. The van der Waals surface area contributed by atoms with Crippen LogP contribution in [-0.2, 0) is 0 Å². The summed E-state index contributed by atoms with van der Waals surface area (Å²) in [7, 11) is 0. The highest BCUT2D eigenvalue weighted by Crippen LogP contribution is 2.23. The predicted molar refractivity (Wildman–Crippen MR) is 77.3 cm³/mol. The Bertz CT molecular complexity index is 396. The van der Waals surface area contributed by atoms with Crippen molar-refractivity contribution in [2.45, 2.75) is 44.8 Å². The molecule has 0 amide bonds. The largest absolute Gasteiger partial charge is 0.491 e. The molecule has 0 aromatic heterocycles. The van der Waals surface area contributed by atoms with Gasteiger partial charge in [-0.15, -0.1) is 0 Å². The second-order valence-electron chi connectivity index (χ2n) is 5.70. The van der Waals surface area contributed by atoms with E-state index in [2.05, 4.69) is 12.2 Å². The summed E-state index contributed by atoms with van der Waals surface area (Å²) < 4.78 is 18.2. The second kappa shape index (κ2) is 7.60. The second-order valence-corrected chi connectivity index (χ2v) is 5.70. The van der Waals surface area contributed by atoms with Crippen molar-refractivity contribution in [3.63, 3.8) is 0 Å². The Morgan fingerprint density at radius 1 is 1.30 bits per heavy atom. The maximum atomic E-state index is 12.7. The molecule has 1 aliphatic carbocycles. The van der Waals surface area contributed by atoms with Crippen LogP contribution >= 0.6 is 0 Å². The van der Waals surface area contributed by atoms with Gasteiger partial charge in [0.2, 0.25) is 0 Å². The molecule has 0 saturated heterocycles. The molecule has 3 atom stereocenters. The number of rotatable bonds is 6. The highest BCUT2D eigenvalue weighted by molar-refractivity contribution is 5.22. The number of hydrogen-bond acceptors (Lipinski definition) is 3. The van der Waals surface area contributed by atoms with Crippen LogP contribution in [-0.4, -0.2) is 30.4 Å². The summed E-state index contributed by atoms with van der Waals surface area (Å²) in [5, 5.41) is 13.3. The summed E-state index contributed by atoms with van der Waals surface area (Å²) in [6.45, 7) is 3.02. The van der Waals surface area contributed by atoms with Crippen molar-refractivity contribution in [2.75, 3.05) is 13.2 Å². The van der Waals surface area contributed by atoms with E-state index in [1.165, 1.54) is 37.8 Å². The fourth-order valence-electron chi connectivity index (χ4n) is 2.69. The first-order chi connectivity index (χ1) is 9.65. The van der Waals surface area contributed by atoms with Gasteiger partial charge in [0.15, 0.2) is 0 Å². The Balaban J connectivity index is 1.67. The summed E-state index contributed by atoms with van der Waals surface area (Å²) in [6, 6.07) is 6.34. The molecule has 2 rings (SSSR count). The van der Waals surface area contributed by atoms with E-state index in [0.29, 0.717) is 24.3 Å². The average molecular weight is 281 g/mol. The van der Waals surface area contributed by atoms with Gasteiger partial charge in [0.1, 0.15) is 24.3 Å². The van der Waals surface area contributed by atoms with Crippen LogP contribution in [0.15, 0.2) is 24.3 Å². The molecule has 1 aromatic carbocycles. The van der Waals surface area contributed by atoms with Crippen LogP contribution in [0.5, 0.6) is 5.75 Å². The number of benzene rings is 1. The first kappa shape index (κ1) is 15.3. The zero-order valence-electron chi connectivity index (χ0n) is 12.0. The Morgan fingerprint density at radius 3 is 2.70 bits per heavy atom. The molecule has 0 heterocycles. The van der Waals surface area contributed by atoms with Gasteiger partial charge in [0.05, 0.1) is 0 Å². The summed E-state index contributed by atoms with van der Waals surface area (Å²) in [4.78, 5) is 0. The number of ether oxygens (including phenoxy) is 1. The van der Waals surface area contributed by atoms with Crippen molar-refractivity contribution in [3.8, 4) is 5.75 Å². The quantitative estimate of drug-likeness (QED) is 0.842. The lowest BCUT2D eigenvalue weighted by molar-refractivity contribution is 0.0984. The molecule has 4 heteroatoms. The first-order valence-electron chi connectivity index (χ1n) is 7.45. The zero-order chi connectivity index (χ0) is 14.4. The summed E-state index contributed by atoms with van der Waals surface area (Å²) in [5.74, 6) is 0.969. The van der Waals surface area contributed by atoms with Crippen molar-refractivity contribution >= 4 is 0 Å². The smallest absolute Gasteiger partial charge is 0.123 e. The standard InChI is InChI=1S/C16H24FNO2/c1-12-4-2-3-5-16(12)18-10-14(19)11-20-15-8-6-13(17)7-9-15/h6-9,12,14,16,18-19H,2-5,10-11H2,1H3. The molecule has 0 spiro atoms. The van der Waals surface area contributed by atoms with Crippen LogP contribution in [0, 0.1) is 11.7 Å². The van der Waals surface area contributed by atoms with Crippen molar-refractivity contribution in [1.29, 1.82) is 0 Å². The Labute approximate surface area is 120 Å². The van der Waals surface area contributed by atoms with Crippen molar-refractivity contribution < 1.29 is 14.2 Å². The van der Waals surface area contributed by atoms with Crippen molar-refractivity contribution in [3.05, 3.63) is 30.1 Å². The van der Waals surface area contributed by atoms with Crippen LogP contribution in [0.1, 0.15) is 32.6 Å². The van der Waals surface area contributed by atoms with E-state index < -0.39 is 6.10 Å². The molecule has 0 aliphatic heterocycles. The third-order valence-corrected chi connectivity index (χ3v) is 3.98. The normalized spacial score (nSPS) is 24.4. The molecule has 112 valence electrons. The van der Waals surface area contributed by atoms with Crippen molar-refractivity contribution in [1.82, 2.24) is 5.32 Å². The van der Waals surface area contributed by atoms with Gasteiger partial charge in [-0.3, -0.25) is 0 Å². The molecule has 1 aliphatic rings. The minimum Gasteiger partial charge on any atom is -0.491 e. The van der Waals surface area contributed by atoms with E-state index in [1.54, 1.807) is 12.1 Å². The Morgan fingerprint density at radius 2 is 2.00 bits per heavy atom. The Kier molecular flexibility index (Phi) is 5.80. The summed E-state index contributed by atoms with van der Waals surface area (Å²) >= 11 is 0. The van der Waals surface area contributed by atoms with E-state index >= 15 is 0 Å². The minimum absolute atomic E-state index is 0.222. The summed E-state index contributed by atoms with van der Waals surface area (Å²) in [5.41, 5.74) is 0. The molecular formula is C16H24FNO2. The topological polar surface area (TPSA) is 41.5 Å². The van der Waals surface area contributed by atoms with Gasteiger partial charge >= 0.3 is 0 Å². The van der Waals surface area contributed by atoms with Gasteiger partial charge in [-0.25, -0.2) is 4.39 Å². The highest BCUT2D eigenvalue weighted by Gasteiger charge is 2.21. The SMILES string of the molecule is CC1CCCCC1NCC(O)COc1ccc(F)cc1. The predicted octanol–water partition coefficient (Wildman–Crippen LogP) is 2.73.